The van der Waals surface area contributed by atoms with Crippen LogP contribution in [0, 0.1) is 5.92 Å². The normalized spacial score (nSPS) is 19.5. The topological polar surface area (TPSA) is 63.0 Å². The van der Waals surface area contributed by atoms with Crippen LogP contribution in [-0.2, 0) is 14.3 Å². The Labute approximate surface area is 162 Å². The molecular formula is C21H32N2O4. The SMILES string of the molecule is CC1CC1c1ccc(/C=C/C(=O)N(CCN(C)C)CC(=O)OC(C)(C)C)o1. The zero-order valence-corrected chi connectivity index (χ0v) is 17.3. The molecule has 1 aliphatic rings. The summed E-state index contributed by atoms with van der Waals surface area (Å²) in [5.41, 5.74) is -0.576. The lowest BCUT2D eigenvalue weighted by molar-refractivity contribution is -0.158. The molecule has 1 fully saturated rings. The highest BCUT2D eigenvalue weighted by Gasteiger charge is 2.36. The van der Waals surface area contributed by atoms with E-state index >= 15 is 0 Å². The third kappa shape index (κ3) is 7.21. The maximum absolute atomic E-state index is 12.6. The average molecular weight is 376 g/mol. The number of carbonyl (C=O) groups is 2. The van der Waals surface area contributed by atoms with Gasteiger partial charge in [0, 0.05) is 25.1 Å². The van der Waals surface area contributed by atoms with Crippen LogP contribution in [-0.4, -0.2) is 61.0 Å². The molecule has 0 radical (unpaired) electrons. The molecule has 0 aromatic carbocycles. The second kappa shape index (κ2) is 8.74. The van der Waals surface area contributed by atoms with E-state index in [1.54, 1.807) is 6.08 Å². The van der Waals surface area contributed by atoms with E-state index in [0.717, 1.165) is 12.2 Å². The van der Waals surface area contributed by atoms with Gasteiger partial charge in [-0.2, -0.15) is 0 Å². The van der Waals surface area contributed by atoms with Gasteiger partial charge in [0.1, 0.15) is 23.7 Å². The first-order valence-corrected chi connectivity index (χ1v) is 9.48. The first-order chi connectivity index (χ1) is 12.5. The van der Waals surface area contributed by atoms with Crippen LogP contribution in [0.1, 0.15) is 51.6 Å². The molecule has 1 amide bonds. The third-order valence-electron chi connectivity index (χ3n) is 4.38. The van der Waals surface area contributed by atoms with Crippen LogP contribution >= 0.6 is 0 Å². The Bertz CT molecular complexity index is 685. The predicted molar refractivity (Wildman–Crippen MR) is 105 cm³/mol. The van der Waals surface area contributed by atoms with Crippen LogP contribution in [0.25, 0.3) is 6.08 Å². The largest absolute Gasteiger partial charge is 0.461 e. The summed E-state index contributed by atoms with van der Waals surface area (Å²) < 4.78 is 11.1. The van der Waals surface area contributed by atoms with Crippen molar-refractivity contribution >= 4 is 18.0 Å². The van der Waals surface area contributed by atoms with Crippen LogP contribution < -0.4 is 0 Å². The van der Waals surface area contributed by atoms with Gasteiger partial charge in [-0.3, -0.25) is 9.59 Å². The summed E-state index contributed by atoms with van der Waals surface area (Å²) in [7, 11) is 3.85. The third-order valence-corrected chi connectivity index (χ3v) is 4.38. The quantitative estimate of drug-likeness (QED) is 0.515. The lowest BCUT2D eigenvalue weighted by atomic mass is 10.2. The number of likely N-dealkylation sites (N-methyl/N-ethyl adjacent to an activating group) is 1. The van der Waals surface area contributed by atoms with Gasteiger partial charge < -0.3 is 19.0 Å². The number of ether oxygens (including phenoxy) is 1. The van der Waals surface area contributed by atoms with Crippen molar-refractivity contribution < 1.29 is 18.7 Å². The van der Waals surface area contributed by atoms with Crippen molar-refractivity contribution in [2.45, 2.75) is 45.6 Å². The second-order valence-corrected chi connectivity index (χ2v) is 8.54. The highest BCUT2D eigenvalue weighted by Crippen LogP contribution is 2.47. The zero-order chi connectivity index (χ0) is 20.2. The molecule has 27 heavy (non-hydrogen) atoms. The van der Waals surface area contributed by atoms with E-state index in [2.05, 4.69) is 6.92 Å². The summed E-state index contributed by atoms with van der Waals surface area (Å²) in [5.74, 6) is 2.16. The first-order valence-electron chi connectivity index (χ1n) is 9.48. The minimum absolute atomic E-state index is 0.0721. The maximum atomic E-state index is 12.6. The smallest absolute Gasteiger partial charge is 0.326 e. The minimum atomic E-state index is -0.576. The second-order valence-electron chi connectivity index (χ2n) is 8.54. The van der Waals surface area contributed by atoms with Gasteiger partial charge >= 0.3 is 5.97 Å². The molecule has 0 bridgehead atoms. The Morgan fingerprint density at radius 1 is 1.26 bits per heavy atom. The van der Waals surface area contributed by atoms with Gasteiger partial charge in [-0.1, -0.05) is 6.92 Å². The van der Waals surface area contributed by atoms with Crippen molar-refractivity contribution in [2.24, 2.45) is 5.92 Å². The summed E-state index contributed by atoms with van der Waals surface area (Å²) in [6.07, 6.45) is 4.28. The number of hydrogen-bond donors (Lipinski definition) is 0. The number of hydrogen-bond acceptors (Lipinski definition) is 5. The Hall–Kier alpha value is -2.08. The van der Waals surface area contributed by atoms with E-state index in [4.69, 9.17) is 9.15 Å². The first kappa shape index (κ1) is 21.2. The number of carbonyl (C=O) groups excluding carboxylic acids is 2. The molecular weight excluding hydrogens is 344 g/mol. The number of rotatable bonds is 8. The Morgan fingerprint density at radius 2 is 1.93 bits per heavy atom. The van der Waals surface area contributed by atoms with Crippen molar-refractivity contribution in [2.75, 3.05) is 33.7 Å². The predicted octanol–water partition coefficient (Wildman–Crippen LogP) is 3.15. The molecule has 1 saturated carbocycles. The summed E-state index contributed by atoms with van der Waals surface area (Å²) in [4.78, 5) is 28.2. The van der Waals surface area contributed by atoms with Gasteiger partial charge in [0.15, 0.2) is 0 Å². The molecule has 150 valence electrons. The summed E-state index contributed by atoms with van der Waals surface area (Å²) in [5, 5.41) is 0. The van der Waals surface area contributed by atoms with Crippen molar-refractivity contribution in [3.8, 4) is 0 Å². The fourth-order valence-corrected chi connectivity index (χ4v) is 2.75. The molecule has 1 aromatic heterocycles. The van der Waals surface area contributed by atoms with Gasteiger partial charge in [0.25, 0.3) is 0 Å². The molecule has 0 spiro atoms. The average Bonchev–Trinajstić information content (AvgIpc) is 3.07. The Morgan fingerprint density at radius 3 is 2.48 bits per heavy atom. The number of esters is 1. The molecule has 6 nitrogen and oxygen atoms in total. The van der Waals surface area contributed by atoms with Crippen molar-refractivity contribution in [1.82, 2.24) is 9.80 Å². The molecule has 1 aromatic rings. The van der Waals surface area contributed by atoms with E-state index in [1.165, 1.54) is 11.0 Å². The van der Waals surface area contributed by atoms with E-state index < -0.39 is 11.6 Å². The van der Waals surface area contributed by atoms with Crippen LogP contribution in [0.5, 0.6) is 0 Å². The van der Waals surface area contributed by atoms with Gasteiger partial charge in [-0.05, 0) is 65.4 Å². The summed E-state index contributed by atoms with van der Waals surface area (Å²) >= 11 is 0. The lowest BCUT2D eigenvalue weighted by Crippen LogP contribution is -2.41. The molecule has 1 aliphatic carbocycles. The highest BCUT2D eigenvalue weighted by atomic mass is 16.6. The fraction of sp³-hybridized carbons (Fsp3) is 0.619. The van der Waals surface area contributed by atoms with Crippen LogP contribution in [0.3, 0.4) is 0 Å². The molecule has 0 aliphatic heterocycles. The van der Waals surface area contributed by atoms with Gasteiger partial charge in [0.05, 0.1) is 0 Å². The van der Waals surface area contributed by atoms with Crippen LogP contribution in [0.2, 0.25) is 0 Å². The number of furan rings is 1. The molecule has 0 N–H and O–H groups in total. The summed E-state index contributed by atoms with van der Waals surface area (Å²) in [6, 6.07) is 3.85. The van der Waals surface area contributed by atoms with Gasteiger partial charge in [0.2, 0.25) is 5.91 Å². The molecule has 6 heteroatoms. The van der Waals surface area contributed by atoms with Gasteiger partial charge in [-0.25, -0.2) is 0 Å². The van der Waals surface area contributed by atoms with Gasteiger partial charge in [-0.15, -0.1) is 0 Å². The molecule has 1 heterocycles. The standard InChI is InChI=1S/C21H32N2O4/c1-15-13-17(15)18-9-7-16(26-18)8-10-19(24)23(12-11-22(5)6)14-20(25)27-21(2,3)4/h7-10,15,17H,11-14H2,1-6H3/b10-8+. The van der Waals surface area contributed by atoms with E-state index in [9.17, 15) is 9.59 Å². The van der Waals surface area contributed by atoms with Crippen molar-refractivity contribution in [3.05, 3.63) is 29.7 Å². The maximum Gasteiger partial charge on any atom is 0.326 e. The van der Waals surface area contributed by atoms with E-state index in [-0.39, 0.29) is 12.5 Å². The highest BCUT2D eigenvalue weighted by molar-refractivity contribution is 5.93. The van der Waals surface area contributed by atoms with Crippen LogP contribution in [0.4, 0.5) is 0 Å². The van der Waals surface area contributed by atoms with Crippen LogP contribution in [0.15, 0.2) is 22.6 Å². The van der Waals surface area contributed by atoms with E-state index in [1.807, 2.05) is 51.9 Å². The summed E-state index contributed by atoms with van der Waals surface area (Å²) in [6.45, 7) is 8.66. The fourth-order valence-electron chi connectivity index (χ4n) is 2.75. The van der Waals surface area contributed by atoms with Crippen molar-refractivity contribution in [1.29, 1.82) is 0 Å². The lowest BCUT2D eigenvalue weighted by Gasteiger charge is -2.25. The molecule has 2 atom stereocenters. The molecule has 2 unspecified atom stereocenters. The number of amides is 1. The Kier molecular flexibility index (Phi) is 6.87. The van der Waals surface area contributed by atoms with Crippen molar-refractivity contribution in [3.63, 3.8) is 0 Å². The van der Waals surface area contributed by atoms with E-state index in [0.29, 0.717) is 30.7 Å². The zero-order valence-electron chi connectivity index (χ0n) is 17.3. The molecule has 0 saturated heterocycles. The molecule has 2 rings (SSSR count). The minimum Gasteiger partial charge on any atom is -0.461 e. The number of nitrogens with zero attached hydrogens (tertiary/aromatic N) is 2. The monoisotopic (exact) mass is 376 g/mol. The Balaban J connectivity index is 1.98.